The zero-order chi connectivity index (χ0) is 16.7. The third-order valence-electron chi connectivity index (χ3n) is 3.33. The van der Waals surface area contributed by atoms with Crippen LogP contribution in [0.3, 0.4) is 0 Å². The minimum atomic E-state index is -0.231. The van der Waals surface area contributed by atoms with Gasteiger partial charge in [0, 0.05) is 25.5 Å². The van der Waals surface area contributed by atoms with Gasteiger partial charge in [-0.1, -0.05) is 26.0 Å². The Balaban J connectivity index is 1.87. The fraction of sp³-hybridized carbons (Fsp3) is 0.333. The Bertz CT molecular complexity index is 641. The van der Waals surface area contributed by atoms with Crippen molar-refractivity contribution in [2.45, 2.75) is 20.3 Å². The Morgan fingerprint density at radius 3 is 2.65 bits per heavy atom. The Hall–Kier alpha value is -2.43. The van der Waals surface area contributed by atoms with E-state index in [2.05, 4.69) is 15.6 Å². The molecule has 0 saturated carbocycles. The third-order valence-corrected chi connectivity index (χ3v) is 3.33. The number of aromatic nitrogens is 1. The third kappa shape index (κ3) is 5.70. The molecule has 0 bridgehead atoms. The molecular formula is C18H22FN3O. The van der Waals surface area contributed by atoms with Crippen molar-refractivity contribution in [3.05, 3.63) is 59.7 Å². The second-order valence-corrected chi connectivity index (χ2v) is 5.87. The van der Waals surface area contributed by atoms with Crippen LogP contribution < -0.4 is 10.6 Å². The summed E-state index contributed by atoms with van der Waals surface area (Å²) in [7, 11) is 0. The van der Waals surface area contributed by atoms with E-state index in [0.29, 0.717) is 24.6 Å². The number of carbonyl (C=O) groups excluding carboxylic acids is 1. The lowest BCUT2D eigenvalue weighted by Crippen LogP contribution is -2.27. The van der Waals surface area contributed by atoms with Gasteiger partial charge in [-0.3, -0.25) is 9.78 Å². The molecular weight excluding hydrogens is 293 g/mol. The molecule has 5 heteroatoms. The molecule has 122 valence electrons. The van der Waals surface area contributed by atoms with E-state index in [0.717, 1.165) is 17.7 Å². The topological polar surface area (TPSA) is 54.0 Å². The van der Waals surface area contributed by atoms with Crippen LogP contribution >= 0.6 is 0 Å². The highest BCUT2D eigenvalue weighted by Crippen LogP contribution is 2.09. The molecule has 2 aromatic rings. The summed E-state index contributed by atoms with van der Waals surface area (Å²) in [4.78, 5) is 16.1. The van der Waals surface area contributed by atoms with Gasteiger partial charge in [0.15, 0.2) is 0 Å². The molecule has 0 unspecified atom stereocenters. The lowest BCUT2D eigenvalue weighted by Gasteiger charge is -2.10. The number of carbonyl (C=O) groups is 1. The van der Waals surface area contributed by atoms with Gasteiger partial charge in [-0.25, -0.2) is 4.39 Å². The van der Waals surface area contributed by atoms with E-state index in [1.165, 1.54) is 12.1 Å². The van der Waals surface area contributed by atoms with E-state index < -0.39 is 0 Å². The smallest absolute Gasteiger partial charge is 0.252 e. The monoisotopic (exact) mass is 315 g/mol. The molecule has 23 heavy (non-hydrogen) atoms. The van der Waals surface area contributed by atoms with Gasteiger partial charge in [-0.2, -0.15) is 0 Å². The van der Waals surface area contributed by atoms with E-state index >= 15 is 0 Å². The molecule has 2 rings (SSSR count). The zero-order valence-electron chi connectivity index (χ0n) is 13.5. The predicted molar refractivity (Wildman–Crippen MR) is 90.0 cm³/mol. The fourth-order valence-corrected chi connectivity index (χ4v) is 2.06. The van der Waals surface area contributed by atoms with E-state index in [-0.39, 0.29) is 11.7 Å². The van der Waals surface area contributed by atoms with Gasteiger partial charge in [0.2, 0.25) is 0 Å². The van der Waals surface area contributed by atoms with Crippen LogP contribution in [0.2, 0.25) is 0 Å². The average Bonchev–Trinajstić information content (AvgIpc) is 2.55. The highest BCUT2D eigenvalue weighted by molar-refractivity contribution is 5.94. The van der Waals surface area contributed by atoms with Crippen molar-refractivity contribution in [2.75, 3.05) is 18.4 Å². The van der Waals surface area contributed by atoms with E-state index in [1.54, 1.807) is 30.6 Å². The summed E-state index contributed by atoms with van der Waals surface area (Å²) in [5.41, 5.74) is 2.39. The quantitative estimate of drug-likeness (QED) is 0.824. The molecule has 0 atom stereocenters. The van der Waals surface area contributed by atoms with E-state index in [1.807, 2.05) is 13.8 Å². The maximum Gasteiger partial charge on any atom is 0.252 e. The number of nitrogens with zero attached hydrogens (tertiary/aromatic N) is 1. The van der Waals surface area contributed by atoms with E-state index in [9.17, 15) is 9.18 Å². The van der Waals surface area contributed by atoms with Gasteiger partial charge in [0.25, 0.3) is 5.91 Å². The Labute approximate surface area is 136 Å². The molecule has 0 aliphatic carbocycles. The van der Waals surface area contributed by atoms with Crippen LogP contribution in [-0.2, 0) is 6.42 Å². The van der Waals surface area contributed by atoms with Crippen molar-refractivity contribution in [1.29, 1.82) is 0 Å². The summed E-state index contributed by atoms with van der Waals surface area (Å²) in [6, 6.07) is 8.23. The molecule has 0 spiro atoms. The standard InChI is InChI=1S/C18H22FN3O/c1-13(2)10-22-18(23)15-9-17(12-20-11-15)21-8-7-14-3-5-16(19)6-4-14/h3-6,9,11-13,21H,7-8,10H2,1-2H3,(H,22,23). The minimum absolute atomic E-state index is 0.117. The first kappa shape index (κ1) is 16.9. The maximum atomic E-state index is 12.8. The minimum Gasteiger partial charge on any atom is -0.383 e. The number of rotatable bonds is 7. The van der Waals surface area contributed by atoms with Crippen molar-refractivity contribution < 1.29 is 9.18 Å². The lowest BCUT2D eigenvalue weighted by molar-refractivity contribution is 0.0948. The van der Waals surface area contributed by atoms with Crippen LogP contribution in [0.15, 0.2) is 42.7 Å². The second kappa shape index (κ2) is 8.27. The summed E-state index contributed by atoms with van der Waals surface area (Å²) < 4.78 is 12.8. The number of hydrogen-bond acceptors (Lipinski definition) is 3. The van der Waals surface area contributed by atoms with Crippen molar-refractivity contribution in [3.8, 4) is 0 Å². The molecule has 1 aromatic carbocycles. The first-order valence-electron chi connectivity index (χ1n) is 7.76. The molecule has 0 aliphatic rings. The highest BCUT2D eigenvalue weighted by atomic mass is 19.1. The van der Waals surface area contributed by atoms with Crippen LogP contribution in [0.1, 0.15) is 29.8 Å². The Morgan fingerprint density at radius 1 is 1.22 bits per heavy atom. The van der Waals surface area contributed by atoms with Crippen molar-refractivity contribution >= 4 is 11.6 Å². The van der Waals surface area contributed by atoms with Crippen LogP contribution in [-0.4, -0.2) is 24.0 Å². The molecule has 1 aromatic heterocycles. The highest BCUT2D eigenvalue weighted by Gasteiger charge is 2.07. The fourth-order valence-electron chi connectivity index (χ4n) is 2.06. The van der Waals surface area contributed by atoms with Gasteiger partial charge < -0.3 is 10.6 Å². The molecule has 0 saturated heterocycles. The molecule has 1 amide bonds. The Morgan fingerprint density at radius 2 is 1.96 bits per heavy atom. The number of anilines is 1. The SMILES string of the molecule is CC(C)CNC(=O)c1cncc(NCCc2ccc(F)cc2)c1. The number of pyridine rings is 1. The lowest BCUT2D eigenvalue weighted by atomic mass is 10.1. The van der Waals surface area contributed by atoms with Gasteiger partial charge in [0.05, 0.1) is 11.3 Å². The number of benzene rings is 1. The molecule has 0 radical (unpaired) electrons. The number of halogens is 1. The normalized spacial score (nSPS) is 10.6. The van der Waals surface area contributed by atoms with Crippen LogP contribution in [0.5, 0.6) is 0 Å². The van der Waals surface area contributed by atoms with Crippen LogP contribution in [0, 0.1) is 11.7 Å². The van der Waals surface area contributed by atoms with Gasteiger partial charge in [0.1, 0.15) is 5.82 Å². The number of hydrogen-bond donors (Lipinski definition) is 2. The number of nitrogens with one attached hydrogen (secondary N) is 2. The first-order chi connectivity index (χ1) is 11.0. The van der Waals surface area contributed by atoms with Crippen molar-refractivity contribution in [1.82, 2.24) is 10.3 Å². The van der Waals surface area contributed by atoms with Gasteiger partial charge in [-0.05, 0) is 36.1 Å². The summed E-state index contributed by atoms with van der Waals surface area (Å²) >= 11 is 0. The molecule has 4 nitrogen and oxygen atoms in total. The molecule has 0 fully saturated rings. The predicted octanol–water partition coefficient (Wildman–Crippen LogP) is 3.26. The summed E-state index contributed by atoms with van der Waals surface area (Å²) in [5.74, 6) is 0.0586. The first-order valence-corrected chi connectivity index (χ1v) is 7.76. The molecule has 1 heterocycles. The Kier molecular flexibility index (Phi) is 6.09. The van der Waals surface area contributed by atoms with Gasteiger partial charge in [-0.15, -0.1) is 0 Å². The average molecular weight is 315 g/mol. The van der Waals surface area contributed by atoms with Gasteiger partial charge >= 0.3 is 0 Å². The summed E-state index contributed by atoms with van der Waals surface area (Å²) in [6.07, 6.45) is 4.01. The summed E-state index contributed by atoms with van der Waals surface area (Å²) in [5, 5.41) is 6.10. The molecule has 2 N–H and O–H groups in total. The summed E-state index contributed by atoms with van der Waals surface area (Å²) in [6.45, 7) is 5.42. The van der Waals surface area contributed by atoms with Crippen LogP contribution in [0.4, 0.5) is 10.1 Å². The zero-order valence-corrected chi connectivity index (χ0v) is 13.5. The van der Waals surface area contributed by atoms with Crippen molar-refractivity contribution in [2.24, 2.45) is 5.92 Å². The second-order valence-electron chi connectivity index (χ2n) is 5.87. The number of amides is 1. The largest absolute Gasteiger partial charge is 0.383 e. The van der Waals surface area contributed by atoms with Crippen LogP contribution in [0.25, 0.3) is 0 Å². The molecule has 0 aliphatic heterocycles. The maximum absolute atomic E-state index is 12.8. The van der Waals surface area contributed by atoms with Crippen molar-refractivity contribution in [3.63, 3.8) is 0 Å². The van der Waals surface area contributed by atoms with E-state index in [4.69, 9.17) is 0 Å².